The first-order valence-electron chi connectivity index (χ1n) is 7.96. The average Bonchev–Trinajstić information content (AvgIpc) is 2.51. The molecule has 0 aromatic heterocycles. The van der Waals surface area contributed by atoms with Crippen molar-refractivity contribution < 1.29 is 9.18 Å². The summed E-state index contributed by atoms with van der Waals surface area (Å²) in [6, 6.07) is 4.94. The summed E-state index contributed by atoms with van der Waals surface area (Å²) in [6.07, 6.45) is 2.77. The summed E-state index contributed by atoms with van der Waals surface area (Å²) in [5.74, 6) is -0.189. The summed E-state index contributed by atoms with van der Waals surface area (Å²) in [5.41, 5.74) is 0.521. The van der Waals surface area contributed by atoms with Crippen LogP contribution >= 0.6 is 11.6 Å². The molecule has 1 heterocycles. The van der Waals surface area contributed by atoms with E-state index in [0.717, 1.165) is 25.8 Å². The van der Waals surface area contributed by atoms with Gasteiger partial charge in [0.15, 0.2) is 0 Å². The van der Waals surface area contributed by atoms with Crippen molar-refractivity contribution in [2.45, 2.75) is 45.7 Å². The first-order valence-corrected chi connectivity index (χ1v) is 8.34. The molecule has 2 unspecified atom stereocenters. The fourth-order valence-electron chi connectivity index (χ4n) is 2.78. The van der Waals surface area contributed by atoms with Crippen LogP contribution in [0.5, 0.6) is 0 Å². The first-order chi connectivity index (χ1) is 10.5. The van der Waals surface area contributed by atoms with Crippen LogP contribution in [-0.2, 0) is 11.3 Å². The normalized spacial score (nSPS) is 20.6. The number of halogens is 2. The molecule has 5 heteroatoms. The van der Waals surface area contributed by atoms with Gasteiger partial charge in [0.2, 0.25) is 5.91 Å². The SMILES string of the molecule is CCC(C)NC(=O)C1CCCN(Cc2c(F)cccc2Cl)C1. The third-order valence-electron chi connectivity index (χ3n) is 4.32. The minimum atomic E-state index is -0.279. The molecule has 1 amide bonds. The second-order valence-corrected chi connectivity index (χ2v) is 6.50. The molecule has 1 aromatic rings. The zero-order valence-corrected chi connectivity index (χ0v) is 14.0. The third kappa shape index (κ3) is 4.43. The van der Waals surface area contributed by atoms with Crippen LogP contribution in [0.4, 0.5) is 4.39 Å². The zero-order chi connectivity index (χ0) is 16.1. The van der Waals surface area contributed by atoms with E-state index in [1.807, 2.05) is 6.92 Å². The summed E-state index contributed by atoms with van der Waals surface area (Å²) >= 11 is 6.09. The topological polar surface area (TPSA) is 32.3 Å². The molecule has 0 radical (unpaired) electrons. The highest BCUT2D eigenvalue weighted by atomic mass is 35.5. The fourth-order valence-corrected chi connectivity index (χ4v) is 3.01. The van der Waals surface area contributed by atoms with Gasteiger partial charge in [-0.1, -0.05) is 24.6 Å². The van der Waals surface area contributed by atoms with Crippen molar-refractivity contribution in [1.82, 2.24) is 10.2 Å². The van der Waals surface area contributed by atoms with E-state index in [9.17, 15) is 9.18 Å². The lowest BCUT2D eigenvalue weighted by atomic mass is 9.96. The standard InChI is InChI=1S/C17H24ClFN2O/c1-3-12(2)20-17(22)13-6-5-9-21(10-13)11-14-15(18)7-4-8-16(14)19/h4,7-8,12-13H,3,5-6,9-11H2,1-2H3,(H,20,22). The van der Waals surface area contributed by atoms with Crippen LogP contribution < -0.4 is 5.32 Å². The quantitative estimate of drug-likeness (QED) is 0.896. The van der Waals surface area contributed by atoms with Crippen molar-refractivity contribution in [3.05, 3.63) is 34.6 Å². The Balaban J connectivity index is 1.97. The lowest BCUT2D eigenvalue weighted by molar-refractivity contribution is -0.127. The van der Waals surface area contributed by atoms with Crippen molar-refractivity contribution in [2.75, 3.05) is 13.1 Å². The van der Waals surface area contributed by atoms with Crippen LogP contribution in [0.3, 0.4) is 0 Å². The van der Waals surface area contributed by atoms with E-state index in [2.05, 4.69) is 17.1 Å². The molecule has 1 fully saturated rings. The van der Waals surface area contributed by atoms with Gasteiger partial charge < -0.3 is 5.32 Å². The van der Waals surface area contributed by atoms with Gasteiger partial charge in [0.1, 0.15) is 5.82 Å². The largest absolute Gasteiger partial charge is 0.353 e. The molecule has 122 valence electrons. The molecule has 22 heavy (non-hydrogen) atoms. The highest BCUT2D eigenvalue weighted by Crippen LogP contribution is 2.24. The number of hydrogen-bond acceptors (Lipinski definition) is 2. The van der Waals surface area contributed by atoms with Crippen molar-refractivity contribution in [1.29, 1.82) is 0 Å². The molecule has 1 aliphatic heterocycles. The van der Waals surface area contributed by atoms with E-state index in [4.69, 9.17) is 11.6 Å². The first kappa shape index (κ1) is 17.2. The third-order valence-corrected chi connectivity index (χ3v) is 4.67. The number of hydrogen-bond donors (Lipinski definition) is 1. The lowest BCUT2D eigenvalue weighted by Crippen LogP contribution is -2.45. The maximum atomic E-state index is 13.9. The van der Waals surface area contributed by atoms with Gasteiger partial charge in [0.05, 0.1) is 5.92 Å². The summed E-state index contributed by atoms with van der Waals surface area (Å²) in [6.45, 7) is 6.05. The van der Waals surface area contributed by atoms with Gasteiger partial charge in [-0.3, -0.25) is 9.69 Å². The summed E-state index contributed by atoms with van der Waals surface area (Å²) in [4.78, 5) is 14.4. The van der Waals surface area contributed by atoms with Crippen molar-refractivity contribution in [3.63, 3.8) is 0 Å². The molecule has 1 aromatic carbocycles. The van der Waals surface area contributed by atoms with Crippen LogP contribution in [0.2, 0.25) is 5.02 Å². The molecule has 0 saturated carbocycles. The number of likely N-dealkylation sites (tertiary alicyclic amines) is 1. The number of nitrogens with zero attached hydrogens (tertiary/aromatic N) is 1. The Morgan fingerprint density at radius 3 is 3.00 bits per heavy atom. The second kappa shape index (κ2) is 7.93. The van der Waals surface area contributed by atoms with E-state index >= 15 is 0 Å². The van der Waals surface area contributed by atoms with Gasteiger partial charge >= 0.3 is 0 Å². The number of carbonyl (C=O) groups is 1. The molecule has 0 spiro atoms. The molecule has 2 atom stereocenters. The summed E-state index contributed by atoms with van der Waals surface area (Å²) in [5, 5.41) is 3.49. The van der Waals surface area contributed by atoms with E-state index in [0.29, 0.717) is 23.7 Å². The minimum Gasteiger partial charge on any atom is -0.353 e. The fraction of sp³-hybridized carbons (Fsp3) is 0.588. The monoisotopic (exact) mass is 326 g/mol. The van der Waals surface area contributed by atoms with Crippen LogP contribution in [0.15, 0.2) is 18.2 Å². The van der Waals surface area contributed by atoms with Crippen LogP contribution in [0.1, 0.15) is 38.7 Å². The lowest BCUT2D eigenvalue weighted by Gasteiger charge is -2.32. The number of rotatable bonds is 5. The predicted molar refractivity (Wildman–Crippen MR) is 87.3 cm³/mol. The number of benzene rings is 1. The van der Waals surface area contributed by atoms with E-state index in [1.165, 1.54) is 6.07 Å². The smallest absolute Gasteiger partial charge is 0.224 e. The Kier molecular flexibility index (Phi) is 6.21. The van der Waals surface area contributed by atoms with E-state index in [-0.39, 0.29) is 23.7 Å². The summed E-state index contributed by atoms with van der Waals surface area (Å²) in [7, 11) is 0. The number of piperidine rings is 1. The number of nitrogens with one attached hydrogen (secondary N) is 1. The Labute approximate surface area is 136 Å². The molecule has 1 saturated heterocycles. The molecule has 1 aliphatic rings. The van der Waals surface area contributed by atoms with Gasteiger partial charge in [-0.2, -0.15) is 0 Å². The molecular weight excluding hydrogens is 303 g/mol. The average molecular weight is 327 g/mol. The van der Waals surface area contributed by atoms with Gasteiger partial charge in [0.25, 0.3) is 0 Å². The van der Waals surface area contributed by atoms with Gasteiger partial charge in [-0.25, -0.2) is 4.39 Å². The molecule has 0 aliphatic carbocycles. The Bertz CT molecular complexity index is 503. The Hall–Kier alpha value is -1.13. The highest BCUT2D eigenvalue weighted by molar-refractivity contribution is 6.31. The molecule has 2 rings (SSSR count). The van der Waals surface area contributed by atoms with Crippen molar-refractivity contribution in [2.24, 2.45) is 5.92 Å². The molecule has 3 nitrogen and oxygen atoms in total. The van der Waals surface area contributed by atoms with Crippen molar-refractivity contribution >= 4 is 17.5 Å². The zero-order valence-electron chi connectivity index (χ0n) is 13.2. The number of amides is 1. The van der Waals surface area contributed by atoms with Crippen LogP contribution in [-0.4, -0.2) is 29.9 Å². The van der Waals surface area contributed by atoms with Gasteiger partial charge in [0, 0.05) is 29.7 Å². The van der Waals surface area contributed by atoms with Gasteiger partial charge in [-0.15, -0.1) is 0 Å². The van der Waals surface area contributed by atoms with Gasteiger partial charge in [-0.05, 0) is 44.9 Å². The molecular formula is C17H24ClFN2O. The van der Waals surface area contributed by atoms with Crippen molar-refractivity contribution in [3.8, 4) is 0 Å². The van der Waals surface area contributed by atoms with Crippen LogP contribution in [0.25, 0.3) is 0 Å². The van der Waals surface area contributed by atoms with Crippen LogP contribution in [0, 0.1) is 11.7 Å². The molecule has 1 N–H and O–H groups in total. The second-order valence-electron chi connectivity index (χ2n) is 6.09. The maximum Gasteiger partial charge on any atom is 0.224 e. The van der Waals surface area contributed by atoms with E-state index < -0.39 is 0 Å². The minimum absolute atomic E-state index is 0.0201. The Morgan fingerprint density at radius 1 is 1.55 bits per heavy atom. The summed E-state index contributed by atoms with van der Waals surface area (Å²) < 4.78 is 13.9. The maximum absolute atomic E-state index is 13.9. The molecule has 0 bridgehead atoms. The number of carbonyl (C=O) groups excluding carboxylic acids is 1. The highest BCUT2D eigenvalue weighted by Gasteiger charge is 2.27. The predicted octanol–water partition coefficient (Wildman–Crippen LogP) is 3.61. The van der Waals surface area contributed by atoms with E-state index in [1.54, 1.807) is 12.1 Å². The Morgan fingerprint density at radius 2 is 2.32 bits per heavy atom.